The van der Waals surface area contributed by atoms with Crippen molar-refractivity contribution in [3.8, 4) is 22.4 Å². The van der Waals surface area contributed by atoms with Crippen LogP contribution in [0.2, 0.25) is 0 Å². The van der Waals surface area contributed by atoms with Crippen LogP contribution >= 0.6 is 0 Å². The molecular weight excluding hydrogens is 378 g/mol. The summed E-state index contributed by atoms with van der Waals surface area (Å²) < 4.78 is 0. The molecule has 2 aromatic heterocycles. The molecule has 31 heavy (non-hydrogen) atoms. The van der Waals surface area contributed by atoms with E-state index in [1.165, 1.54) is 11.1 Å². The van der Waals surface area contributed by atoms with Crippen molar-refractivity contribution < 1.29 is 0 Å². The average Bonchev–Trinajstić information content (AvgIpc) is 2.83. The molecule has 0 radical (unpaired) electrons. The largest absolute Gasteiger partial charge is 0.365 e. The van der Waals surface area contributed by atoms with Crippen molar-refractivity contribution in [1.29, 1.82) is 0 Å². The first kappa shape index (κ1) is 19.0. The van der Waals surface area contributed by atoms with E-state index in [0.717, 1.165) is 39.1 Å². The van der Waals surface area contributed by atoms with Gasteiger partial charge in [-0.2, -0.15) is 0 Å². The van der Waals surface area contributed by atoms with E-state index in [0.29, 0.717) is 6.54 Å². The van der Waals surface area contributed by atoms with E-state index in [1.807, 2.05) is 24.4 Å². The van der Waals surface area contributed by atoms with Crippen LogP contribution in [0, 0.1) is 6.92 Å². The van der Waals surface area contributed by atoms with Crippen LogP contribution in [-0.4, -0.2) is 9.97 Å². The Labute approximate surface area is 182 Å². The Morgan fingerprint density at radius 1 is 0.742 bits per heavy atom. The van der Waals surface area contributed by atoms with Crippen molar-refractivity contribution in [2.24, 2.45) is 0 Å². The molecule has 150 valence electrons. The van der Waals surface area contributed by atoms with Crippen molar-refractivity contribution in [2.45, 2.75) is 13.5 Å². The number of hydrogen-bond donors (Lipinski definition) is 1. The smallest absolute Gasteiger partial charge is 0.135 e. The molecule has 0 saturated heterocycles. The maximum absolute atomic E-state index is 5.09. The lowest BCUT2D eigenvalue weighted by Gasteiger charge is -2.14. The van der Waals surface area contributed by atoms with Crippen molar-refractivity contribution in [3.05, 3.63) is 114 Å². The van der Waals surface area contributed by atoms with Gasteiger partial charge < -0.3 is 5.32 Å². The van der Waals surface area contributed by atoms with Gasteiger partial charge in [0.2, 0.25) is 0 Å². The molecule has 5 rings (SSSR count). The number of nitrogens with one attached hydrogen (secondary N) is 1. The lowest BCUT2D eigenvalue weighted by molar-refractivity contribution is 1.12. The molecular formula is C28H23N3. The van der Waals surface area contributed by atoms with Gasteiger partial charge in [-0.25, -0.2) is 9.97 Å². The van der Waals surface area contributed by atoms with Crippen LogP contribution in [0.5, 0.6) is 0 Å². The Kier molecular flexibility index (Phi) is 5.16. The first-order valence-electron chi connectivity index (χ1n) is 10.5. The van der Waals surface area contributed by atoms with Crippen LogP contribution in [0.3, 0.4) is 0 Å². The Balaban J connectivity index is 1.64. The number of benzene rings is 3. The van der Waals surface area contributed by atoms with E-state index < -0.39 is 0 Å². The van der Waals surface area contributed by atoms with Gasteiger partial charge in [0.25, 0.3) is 0 Å². The summed E-state index contributed by atoms with van der Waals surface area (Å²) in [6.45, 7) is 2.82. The van der Waals surface area contributed by atoms with Crippen LogP contribution < -0.4 is 5.32 Å². The van der Waals surface area contributed by atoms with E-state index in [-0.39, 0.29) is 0 Å². The second kappa shape index (κ2) is 8.41. The zero-order valence-electron chi connectivity index (χ0n) is 17.4. The van der Waals surface area contributed by atoms with Gasteiger partial charge in [-0.05, 0) is 30.2 Å². The highest BCUT2D eigenvalue weighted by atomic mass is 15.0. The van der Waals surface area contributed by atoms with Gasteiger partial charge in [0.15, 0.2) is 0 Å². The fraction of sp³-hybridized carbons (Fsp3) is 0.0714. The summed E-state index contributed by atoms with van der Waals surface area (Å²) in [5, 5.41) is 4.52. The first-order chi connectivity index (χ1) is 15.3. The summed E-state index contributed by atoms with van der Waals surface area (Å²) in [5.41, 5.74) is 7.73. The molecule has 0 spiro atoms. The molecule has 0 aliphatic carbocycles. The highest BCUT2D eigenvalue weighted by Gasteiger charge is 2.14. The van der Waals surface area contributed by atoms with Crippen LogP contribution in [0.25, 0.3) is 33.3 Å². The van der Waals surface area contributed by atoms with Crippen LogP contribution in [0.1, 0.15) is 11.1 Å². The molecule has 0 unspecified atom stereocenters. The Hall–Kier alpha value is -3.98. The highest BCUT2D eigenvalue weighted by Crippen LogP contribution is 2.35. The molecule has 1 N–H and O–H groups in total. The predicted octanol–water partition coefficient (Wildman–Crippen LogP) is 6.88. The summed E-state index contributed by atoms with van der Waals surface area (Å²) in [4.78, 5) is 9.71. The van der Waals surface area contributed by atoms with Crippen LogP contribution in [-0.2, 0) is 6.54 Å². The Morgan fingerprint density at radius 2 is 1.45 bits per heavy atom. The second-order valence-electron chi connectivity index (χ2n) is 7.68. The van der Waals surface area contributed by atoms with Crippen LogP contribution in [0.15, 0.2) is 103 Å². The van der Waals surface area contributed by atoms with Crippen molar-refractivity contribution in [3.63, 3.8) is 0 Å². The molecule has 0 fully saturated rings. The molecule has 3 heteroatoms. The fourth-order valence-corrected chi connectivity index (χ4v) is 3.79. The molecule has 0 atom stereocenters. The second-order valence-corrected chi connectivity index (χ2v) is 7.68. The Morgan fingerprint density at radius 3 is 2.19 bits per heavy atom. The van der Waals surface area contributed by atoms with Gasteiger partial charge in [-0.3, -0.25) is 0 Å². The van der Waals surface area contributed by atoms with E-state index in [4.69, 9.17) is 4.98 Å². The maximum atomic E-state index is 5.09. The third-order valence-corrected chi connectivity index (χ3v) is 5.46. The molecule has 5 aromatic rings. The number of nitrogens with zero attached hydrogens (tertiary/aromatic N) is 2. The topological polar surface area (TPSA) is 37.8 Å². The normalized spacial score (nSPS) is 10.9. The van der Waals surface area contributed by atoms with E-state index in [1.54, 1.807) is 0 Å². The number of rotatable bonds is 5. The summed E-state index contributed by atoms with van der Waals surface area (Å²) in [5.74, 6) is 0.849. The van der Waals surface area contributed by atoms with E-state index >= 15 is 0 Å². The minimum atomic E-state index is 0.716. The molecule has 0 saturated carbocycles. The van der Waals surface area contributed by atoms with Gasteiger partial charge in [0.05, 0.1) is 11.2 Å². The van der Waals surface area contributed by atoms with E-state index in [2.05, 4.69) is 96.1 Å². The molecule has 0 aliphatic heterocycles. The third kappa shape index (κ3) is 4.03. The zero-order valence-corrected chi connectivity index (χ0v) is 17.4. The number of aromatic nitrogens is 2. The first-order valence-corrected chi connectivity index (χ1v) is 10.5. The average molecular weight is 402 g/mol. The van der Waals surface area contributed by atoms with Gasteiger partial charge in [-0.1, -0.05) is 90.5 Å². The van der Waals surface area contributed by atoms with E-state index in [9.17, 15) is 0 Å². The van der Waals surface area contributed by atoms with Crippen molar-refractivity contribution in [2.75, 3.05) is 5.32 Å². The molecule has 0 aliphatic rings. The number of hydrogen-bond acceptors (Lipinski definition) is 3. The number of pyridine rings is 2. The SMILES string of the molecule is Cc1ccc(-c2nc3ccnc(NCc4ccccc4)c3cc2-c2ccccc2)cc1. The van der Waals surface area contributed by atoms with Crippen molar-refractivity contribution >= 4 is 16.7 Å². The molecule has 0 bridgehead atoms. The Bertz CT molecular complexity index is 1310. The summed E-state index contributed by atoms with van der Waals surface area (Å²) >= 11 is 0. The highest BCUT2D eigenvalue weighted by molar-refractivity contribution is 5.96. The number of fused-ring (bicyclic) bond motifs is 1. The number of anilines is 1. The standard InChI is InChI=1S/C28H23N3/c1-20-12-14-23(15-13-20)27-24(22-10-6-3-7-11-22)18-25-26(31-27)16-17-29-28(25)30-19-21-8-4-2-5-9-21/h2-18H,19H2,1H3,(H,29,30). The third-order valence-electron chi connectivity index (χ3n) is 5.46. The van der Waals surface area contributed by atoms with Crippen LogP contribution in [0.4, 0.5) is 5.82 Å². The summed E-state index contributed by atoms with van der Waals surface area (Å²) in [6.07, 6.45) is 1.82. The van der Waals surface area contributed by atoms with Gasteiger partial charge in [0, 0.05) is 29.3 Å². The quantitative estimate of drug-likeness (QED) is 0.349. The zero-order chi connectivity index (χ0) is 21.0. The summed E-state index contributed by atoms with van der Waals surface area (Å²) in [6, 6.07) is 33.6. The molecule has 2 heterocycles. The van der Waals surface area contributed by atoms with Gasteiger partial charge >= 0.3 is 0 Å². The van der Waals surface area contributed by atoms with Gasteiger partial charge in [0.1, 0.15) is 5.82 Å². The molecule has 0 amide bonds. The van der Waals surface area contributed by atoms with Crippen molar-refractivity contribution in [1.82, 2.24) is 9.97 Å². The minimum Gasteiger partial charge on any atom is -0.365 e. The van der Waals surface area contributed by atoms with Gasteiger partial charge in [-0.15, -0.1) is 0 Å². The minimum absolute atomic E-state index is 0.716. The predicted molar refractivity (Wildman–Crippen MR) is 129 cm³/mol. The lowest BCUT2D eigenvalue weighted by atomic mass is 9.97. The monoisotopic (exact) mass is 401 g/mol. The molecule has 3 aromatic carbocycles. The fourth-order valence-electron chi connectivity index (χ4n) is 3.79. The summed E-state index contributed by atoms with van der Waals surface area (Å²) in [7, 11) is 0. The molecule has 3 nitrogen and oxygen atoms in total. The maximum Gasteiger partial charge on any atom is 0.135 e. The lowest BCUT2D eigenvalue weighted by Crippen LogP contribution is -2.02. The number of aryl methyl sites for hydroxylation is 1.